The first-order valence-corrected chi connectivity index (χ1v) is 6.68. The minimum absolute atomic E-state index is 0.223. The SMILES string of the molecule is CCSc1ccc(C(=O)C2(CN)CC2)cc1. The molecule has 2 N–H and O–H groups in total. The average molecular weight is 235 g/mol. The Bertz CT molecular complexity index is 381. The first kappa shape index (κ1) is 11.7. The topological polar surface area (TPSA) is 43.1 Å². The van der Waals surface area contributed by atoms with Gasteiger partial charge in [0.1, 0.15) is 0 Å². The Balaban J connectivity index is 2.13. The number of carbonyl (C=O) groups is 1. The van der Waals surface area contributed by atoms with Crippen molar-refractivity contribution in [2.75, 3.05) is 12.3 Å². The predicted octanol–water partition coefficient (Wildman–Crippen LogP) is 2.72. The lowest BCUT2D eigenvalue weighted by Gasteiger charge is -2.11. The third-order valence-electron chi connectivity index (χ3n) is 3.15. The number of hydrogen-bond acceptors (Lipinski definition) is 3. The normalized spacial score (nSPS) is 17.1. The van der Waals surface area contributed by atoms with E-state index in [4.69, 9.17) is 5.73 Å². The summed E-state index contributed by atoms with van der Waals surface area (Å²) in [5.41, 5.74) is 6.25. The minimum Gasteiger partial charge on any atom is -0.329 e. The molecule has 1 aliphatic rings. The maximum Gasteiger partial charge on any atom is 0.170 e. The van der Waals surface area contributed by atoms with Gasteiger partial charge in [-0.15, -0.1) is 11.8 Å². The molecule has 0 aromatic heterocycles. The molecule has 2 rings (SSSR count). The van der Waals surface area contributed by atoms with Gasteiger partial charge in [0, 0.05) is 22.4 Å². The molecule has 1 aromatic carbocycles. The van der Waals surface area contributed by atoms with Crippen molar-refractivity contribution < 1.29 is 4.79 Å². The molecule has 0 unspecified atom stereocenters. The van der Waals surface area contributed by atoms with Crippen LogP contribution in [0.3, 0.4) is 0 Å². The molecule has 3 heteroatoms. The molecule has 86 valence electrons. The summed E-state index contributed by atoms with van der Waals surface area (Å²) in [7, 11) is 0. The highest BCUT2D eigenvalue weighted by atomic mass is 32.2. The molecule has 1 aromatic rings. The number of rotatable bonds is 5. The van der Waals surface area contributed by atoms with Crippen molar-refractivity contribution in [2.45, 2.75) is 24.7 Å². The second kappa shape index (κ2) is 4.60. The van der Waals surface area contributed by atoms with Gasteiger partial charge in [-0.3, -0.25) is 4.79 Å². The maximum absolute atomic E-state index is 12.1. The van der Waals surface area contributed by atoms with Crippen molar-refractivity contribution in [3.8, 4) is 0 Å². The van der Waals surface area contributed by atoms with E-state index in [-0.39, 0.29) is 11.2 Å². The van der Waals surface area contributed by atoms with E-state index in [9.17, 15) is 4.79 Å². The van der Waals surface area contributed by atoms with Crippen LogP contribution in [0.5, 0.6) is 0 Å². The van der Waals surface area contributed by atoms with Crippen LogP contribution in [-0.2, 0) is 0 Å². The largest absolute Gasteiger partial charge is 0.329 e. The molecule has 1 saturated carbocycles. The van der Waals surface area contributed by atoms with Crippen LogP contribution in [0.4, 0.5) is 0 Å². The highest BCUT2D eigenvalue weighted by molar-refractivity contribution is 7.99. The third-order valence-corrected chi connectivity index (χ3v) is 4.05. The monoisotopic (exact) mass is 235 g/mol. The first-order valence-electron chi connectivity index (χ1n) is 5.69. The summed E-state index contributed by atoms with van der Waals surface area (Å²) in [6.45, 7) is 2.61. The molecule has 1 fully saturated rings. The number of benzene rings is 1. The van der Waals surface area contributed by atoms with Gasteiger partial charge < -0.3 is 5.73 Å². The van der Waals surface area contributed by atoms with E-state index in [0.717, 1.165) is 24.2 Å². The van der Waals surface area contributed by atoms with E-state index in [1.807, 2.05) is 24.3 Å². The molecule has 0 radical (unpaired) electrons. The molecule has 0 aliphatic heterocycles. The van der Waals surface area contributed by atoms with E-state index in [1.54, 1.807) is 11.8 Å². The average Bonchev–Trinajstić information content (AvgIpc) is 3.10. The highest BCUT2D eigenvalue weighted by Gasteiger charge is 2.48. The van der Waals surface area contributed by atoms with E-state index >= 15 is 0 Å². The maximum atomic E-state index is 12.1. The molecule has 0 heterocycles. The van der Waals surface area contributed by atoms with Crippen molar-refractivity contribution in [1.82, 2.24) is 0 Å². The summed E-state index contributed by atoms with van der Waals surface area (Å²) in [6, 6.07) is 7.90. The summed E-state index contributed by atoms with van der Waals surface area (Å²) in [5, 5.41) is 0. The van der Waals surface area contributed by atoms with Crippen LogP contribution in [0.1, 0.15) is 30.1 Å². The van der Waals surface area contributed by atoms with Gasteiger partial charge in [0.2, 0.25) is 0 Å². The number of carbonyl (C=O) groups excluding carboxylic acids is 1. The van der Waals surface area contributed by atoms with Crippen molar-refractivity contribution in [3.05, 3.63) is 29.8 Å². The van der Waals surface area contributed by atoms with Gasteiger partial charge in [0.05, 0.1) is 0 Å². The van der Waals surface area contributed by atoms with Crippen molar-refractivity contribution in [2.24, 2.45) is 11.1 Å². The summed E-state index contributed by atoms with van der Waals surface area (Å²) in [5.74, 6) is 1.28. The Kier molecular flexibility index (Phi) is 3.36. The Morgan fingerprint density at radius 1 is 1.38 bits per heavy atom. The summed E-state index contributed by atoms with van der Waals surface area (Å²) in [4.78, 5) is 13.4. The van der Waals surface area contributed by atoms with Crippen molar-refractivity contribution in [3.63, 3.8) is 0 Å². The number of Topliss-reactive ketones (excluding diaryl/α,β-unsaturated/α-hetero) is 1. The molecular weight excluding hydrogens is 218 g/mol. The first-order chi connectivity index (χ1) is 7.72. The summed E-state index contributed by atoms with van der Waals surface area (Å²) in [6.07, 6.45) is 1.90. The Labute approximate surface area is 101 Å². The van der Waals surface area contributed by atoms with E-state index in [0.29, 0.717) is 6.54 Å². The smallest absolute Gasteiger partial charge is 0.170 e. The number of thioether (sulfide) groups is 1. The summed E-state index contributed by atoms with van der Waals surface area (Å²) >= 11 is 1.79. The standard InChI is InChI=1S/C13H17NOS/c1-2-16-11-5-3-10(4-6-11)12(15)13(9-14)7-8-13/h3-6H,2,7-9,14H2,1H3. The lowest BCUT2D eigenvalue weighted by molar-refractivity contribution is 0.0905. The van der Waals surface area contributed by atoms with Crippen LogP contribution in [0, 0.1) is 5.41 Å². The molecule has 1 aliphatic carbocycles. The zero-order valence-corrected chi connectivity index (χ0v) is 10.3. The fourth-order valence-corrected chi connectivity index (χ4v) is 2.51. The second-order valence-electron chi connectivity index (χ2n) is 4.27. The fourth-order valence-electron chi connectivity index (χ4n) is 1.85. The molecule has 0 spiro atoms. The van der Waals surface area contributed by atoms with Crippen LogP contribution < -0.4 is 5.73 Å². The zero-order valence-electron chi connectivity index (χ0n) is 9.53. The van der Waals surface area contributed by atoms with Crippen molar-refractivity contribution in [1.29, 1.82) is 0 Å². The summed E-state index contributed by atoms with van der Waals surface area (Å²) < 4.78 is 0. The van der Waals surface area contributed by atoms with Crippen LogP contribution in [0.2, 0.25) is 0 Å². The van der Waals surface area contributed by atoms with Gasteiger partial charge in [0.25, 0.3) is 0 Å². The zero-order chi connectivity index (χ0) is 11.6. The van der Waals surface area contributed by atoms with Crippen molar-refractivity contribution >= 4 is 17.5 Å². The van der Waals surface area contributed by atoms with E-state index in [1.165, 1.54) is 4.90 Å². The number of nitrogens with two attached hydrogens (primary N) is 1. The number of hydrogen-bond donors (Lipinski definition) is 1. The molecule has 16 heavy (non-hydrogen) atoms. The Morgan fingerprint density at radius 2 is 2.00 bits per heavy atom. The van der Waals surface area contributed by atoms with Gasteiger partial charge in [-0.1, -0.05) is 19.1 Å². The molecule has 2 nitrogen and oxygen atoms in total. The van der Waals surface area contributed by atoms with Crippen LogP contribution in [0.25, 0.3) is 0 Å². The third kappa shape index (κ3) is 2.15. The predicted molar refractivity (Wildman–Crippen MR) is 67.9 cm³/mol. The highest BCUT2D eigenvalue weighted by Crippen LogP contribution is 2.47. The Hall–Kier alpha value is -0.800. The van der Waals surface area contributed by atoms with Gasteiger partial charge in [-0.2, -0.15) is 0 Å². The molecule has 0 saturated heterocycles. The van der Waals surface area contributed by atoms with E-state index in [2.05, 4.69) is 6.92 Å². The van der Waals surface area contributed by atoms with Gasteiger partial charge in [-0.05, 0) is 30.7 Å². The fraction of sp³-hybridized carbons (Fsp3) is 0.462. The van der Waals surface area contributed by atoms with Gasteiger partial charge in [-0.25, -0.2) is 0 Å². The van der Waals surface area contributed by atoms with Gasteiger partial charge >= 0.3 is 0 Å². The van der Waals surface area contributed by atoms with Crippen LogP contribution in [-0.4, -0.2) is 18.1 Å². The lowest BCUT2D eigenvalue weighted by Crippen LogP contribution is -2.25. The number of ketones is 1. The van der Waals surface area contributed by atoms with Gasteiger partial charge in [0.15, 0.2) is 5.78 Å². The molecule has 0 amide bonds. The molecule has 0 atom stereocenters. The molecule has 0 bridgehead atoms. The van der Waals surface area contributed by atoms with Crippen LogP contribution >= 0.6 is 11.8 Å². The van der Waals surface area contributed by atoms with E-state index < -0.39 is 0 Å². The second-order valence-corrected chi connectivity index (χ2v) is 5.61. The quantitative estimate of drug-likeness (QED) is 0.630. The molecular formula is C13H17NOS. The minimum atomic E-state index is -0.223. The lowest BCUT2D eigenvalue weighted by atomic mass is 9.95. The van der Waals surface area contributed by atoms with Crippen LogP contribution in [0.15, 0.2) is 29.2 Å². The Morgan fingerprint density at radius 3 is 2.44 bits per heavy atom.